The number of rotatable bonds is 8. The molecule has 0 spiro atoms. The first-order valence-corrected chi connectivity index (χ1v) is 10.8. The second kappa shape index (κ2) is 9.44. The van der Waals surface area contributed by atoms with Crippen LogP contribution in [0.1, 0.15) is 10.7 Å². The lowest BCUT2D eigenvalue weighted by molar-refractivity contribution is -0.113. The van der Waals surface area contributed by atoms with Crippen LogP contribution >= 0.6 is 39.0 Å². The summed E-state index contributed by atoms with van der Waals surface area (Å²) in [6.45, 7) is 4.26. The molecule has 1 N–H and O–H groups in total. The number of allylic oxidation sites excluding steroid dienone is 1. The average Bonchev–Trinajstić information content (AvgIpc) is 3.28. The van der Waals surface area contributed by atoms with Crippen LogP contribution in [0.2, 0.25) is 0 Å². The van der Waals surface area contributed by atoms with Crippen LogP contribution < -0.4 is 5.32 Å². The Hall–Kier alpha value is -2.04. The van der Waals surface area contributed by atoms with E-state index in [-0.39, 0.29) is 15.9 Å². The molecule has 0 fully saturated rings. The van der Waals surface area contributed by atoms with Crippen LogP contribution in [-0.4, -0.2) is 26.4 Å². The largest absolute Gasteiger partial charge is 0.322 e. The molecule has 5 nitrogen and oxygen atoms in total. The van der Waals surface area contributed by atoms with Crippen LogP contribution in [0.4, 0.5) is 14.5 Å². The Morgan fingerprint density at radius 1 is 1.39 bits per heavy atom. The fourth-order valence-electron chi connectivity index (χ4n) is 2.41. The quantitative estimate of drug-likeness (QED) is 0.365. The Morgan fingerprint density at radius 3 is 2.89 bits per heavy atom. The van der Waals surface area contributed by atoms with Crippen molar-refractivity contribution in [3.8, 4) is 0 Å². The van der Waals surface area contributed by atoms with Crippen LogP contribution in [0.5, 0.6) is 0 Å². The van der Waals surface area contributed by atoms with Gasteiger partial charge in [-0.2, -0.15) is 0 Å². The molecule has 0 saturated heterocycles. The molecular weight excluding hydrogens is 470 g/mol. The second-order valence-corrected chi connectivity index (χ2v) is 8.46. The van der Waals surface area contributed by atoms with E-state index in [1.54, 1.807) is 17.4 Å². The van der Waals surface area contributed by atoms with Crippen molar-refractivity contribution in [1.29, 1.82) is 0 Å². The summed E-state index contributed by atoms with van der Waals surface area (Å²) < 4.78 is 29.0. The second-order valence-electron chi connectivity index (χ2n) is 5.64. The fourth-order valence-corrected chi connectivity index (χ4v) is 4.38. The standard InChI is InChI=1S/C18H15BrF2N4OS2/c1-2-5-25-15(9-12-4-3-6-27-12)23-24-18(25)28-10-16(26)22-17-13(19)7-11(20)8-14(17)21/h2-4,6-8H,1,5,9-10H2,(H,22,26). The fraction of sp³-hybridized carbons (Fsp3) is 0.167. The molecule has 1 amide bonds. The van der Waals surface area contributed by atoms with E-state index in [1.165, 1.54) is 11.8 Å². The summed E-state index contributed by atoms with van der Waals surface area (Å²) in [5.41, 5.74) is -0.0991. The number of amides is 1. The van der Waals surface area contributed by atoms with Crippen LogP contribution in [0.3, 0.4) is 0 Å². The van der Waals surface area contributed by atoms with Gasteiger partial charge in [0.25, 0.3) is 0 Å². The number of anilines is 1. The first-order chi connectivity index (χ1) is 13.5. The van der Waals surface area contributed by atoms with Gasteiger partial charge in [-0.15, -0.1) is 28.1 Å². The molecule has 3 aromatic rings. The summed E-state index contributed by atoms with van der Waals surface area (Å²) in [5, 5.41) is 13.4. The number of nitrogens with one attached hydrogen (secondary N) is 1. The monoisotopic (exact) mass is 484 g/mol. The maximum absolute atomic E-state index is 13.9. The van der Waals surface area contributed by atoms with Gasteiger partial charge in [0.05, 0.1) is 11.4 Å². The zero-order chi connectivity index (χ0) is 20.1. The number of thiophene rings is 1. The maximum Gasteiger partial charge on any atom is 0.234 e. The molecule has 0 unspecified atom stereocenters. The predicted octanol–water partition coefficient (Wildman–Crippen LogP) is 4.89. The van der Waals surface area contributed by atoms with E-state index in [2.05, 4.69) is 38.0 Å². The highest BCUT2D eigenvalue weighted by Crippen LogP contribution is 2.27. The van der Waals surface area contributed by atoms with Crippen LogP contribution in [0, 0.1) is 11.6 Å². The first-order valence-electron chi connectivity index (χ1n) is 8.10. The molecule has 1 aromatic carbocycles. The van der Waals surface area contributed by atoms with E-state index in [9.17, 15) is 13.6 Å². The van der Waals surface area contributed by atoms with Gasteiger partial charge < -0.3 is 9.88 Å². The van der Waals surface area contributed by atoms with Gasteiger partial charge in [0, 0.05) is 28.4 Å². The minimum atomic E-state index is -0.849. The summed E-state index contributed by atoms with van der Waals surface area (Å²) in [5.74, 6) is -1.25. The van der Waals surface area contributed by atoms with Gasteiger partial charge in [-0.25, -0.2) is 8.78 Å². The highest BCUT2D eigenvalue weighted by Gasteiger charge is 2.16. The van der Waals surface area contributed by atoms with Gasteiger partial charge in [-0.3, -0.25) is 4.79 Å². The summed E-state index contributed by atoms with van der Waals surface area (Å²) in [4.78, 5) is 13.4. The van der Waals surface area contributed by atoms with Crippen molar-refractivity contribution in [2.45, 2.75) is 18.1 Å². The van der Waals surface area contributed by atoms with Crippen molar-refractivity contribution in [3.05, 3.63) is 69.1 Å². The van der Waals surface area contributed by atoms with Gasteiger partial charge in [0.15, 0.2) is 11.0 Å². The number of hydrogen-bond donors (Lipinski definition) is 1. The Kier molecular flexibility index (Phi) is 6.97. The normalized spacial score (nSPS) is 10.8. The molecule has 10 heteroatoms. The third kappa shape index (κ3) is 5.06. The van der Waals surface area contributed by atoms with Crippen LogP contribution in [-0.2, 0) is 17.8 Å². The average molecular weight is 485 g/mol. The highest BCUT2D eigenvalue weighted by atomic mass is 79.9. The minimum Gasteiger partial charge on any atom is -0.322 e. The molecule has 0 aliphatic carbocycles. The third-order valence-electron chi connectivity index (χ3n) is 3.62. The SMILES string of the molecule is C=CCn1c(Cc2cccs2)nnc1SCC(=O)Nc1c(F)cc(F)cc1Br. The van der Waals surface area contributed by atoms with Gasteiger partial charge in [0.2, 0.25) is 5.91 Å². The van der Waals surface area contributed by atoms with Crippen molar-refractivity contribution in [2.24, 2.45) is 0 Å². The van der Waals surface area contributed by atoms with Gasteiger partial charge in [0.1, 0.15) is 11.6 Å². The summed E-state index contributed by atoms with van der Waals surface area (Å²) >= 11 is 5.86. The molecule has 0 aliphatic rings. The van der Waals surface area contributed by atoms with E-state index in [4.69, 9.17) is 0 Å². The van der Waals surface area contributed by atoms with Crippen LogP contribution in [0.25, 0.3) is 0 Å². The zero-order valence-electron chi connectivity index (χ0n) is 14.5. The Morgan fingerprint density at radius 2 is 2.21 bits per heavy atom. The van der Waals surface area contributed by atoms with E-state index in [0.29, 0.717) is 24.2 Å². The van der Waals surface area contributed by atoms with E-state index in [1.807, 2.05) is 22.1 Å². The third-order valence-corrected chi connectivity index (χ3v) is 6.09. The number of halogens is 3. The van der Waals surface area contributed by atoms with E-state index in [0.717, 1.165) is 16.8 Å². The van der Waals surface area contributed by atoms with Gasteiger partial charge in [-0.1, -0.05) is 23.9 Å². The molecule has 28 heavy (non-hydrogen) atoms. The Balaban J connectivity index is 1.67. The maximum atomic E-state index is 13.9. The number of hydrogen-bond acceptors (Lipinski definition) is 5. The molecule has 0 atom stereocenters. The van der Waals surface area contributed by atoms with Gasteiger partial charge >= 0.3 is 0 Å². The number of carbonyl (C=O) groups is 1. The summed E-state index contributed by atoms with van der Waals surface area (Å²) in [7, 11) is 0. The van der Waals surface area contributed by atoms with Crippen molar-refractivity contribution in [1.82, 2.24) is 14.8 Å². The van der Waals surface area contributed by atoms with E-state index >= 15 is 0 Å². The molecule has 3 rings (SSSR count). The summed E-state index contributed by atoms with van der Waals surface area (Å²) in [6, 6.07) is 5.79. The molecule has 0 bridgehead atoms. The Bertz CT molecular complexity index is 969. The van der Waals surface area contributed by atoms with Crippen molar-refractivity contribution >= 4 is 50.6 Å². The number of benzene rings is 1. The van der Waals surface area contributed by atoms with Crippen molar-refractivity contribution in [3.63, 3.8) is 0 Å². The lowest BCUT2D eigenvalue weighted by Crippen LogP contribution is -2.16. The topological polar surface area (TPSA) is 59.8 Å². The lowest BCUT2D eigenvalue weighted by Gasteiger charge is -2.09. The number of nitrogens with zero attached hydrogens (tertiary/aromatic N) is 3. The minimum absolute atomic E-state index is 0.00245. The predicted molar refractivity (Wildman–Crippen MR) is 111 cm³/mol. The highest BCUT2D eigenvalue weighted by molar-refractivity contribution is 9.10. The number of thioether (sulfide) groups is 1. The molecule has 2 heterocycles. The van der Waals surface area contributed by atoms with E-state index < -0.39 is 17.5 Å². The van der Waals surface area contributed by atoms with Gasteiger partial charge in [-0.05, 0) is 33.4 Å². The molecule has 0 saturated carbocycles. The van der Waals surface area contributed by atoms with Crippen molar-refractivity contribution in [2.75, 3.05) is 11.1 Å². The molecule has 0 radical (unpaired) electrons. The first kappa shape index (κ1) is 20.7. The lowest BCUT2D eigenvalue weighted by atomic mass is 10.3. The molecule has 146 valence electrons. The summed E-state index contributed by atoms with van der Waals surface area (Å²) in [6.07, 6.45) is 2.37. The number of carbonyl (C=O) groups excluding carboxylic acids is 1. The zero-order valence-corrected chi connectivity index (χ0v) is 17.7. The molecular formula is C18H15BrF2N4OS2. The smallest absolute Gasteiger partial charge is 0.234 e. The molecule has 0 aliphatic heterocycles. The Labute approximate surface area is 177 Å². The van der Waals surface area contributed by atoms with Crippen LogP contribution in [0.15, 0.2) is 51.9 Å². The number of aromatic nitrogens is 3. The molecule has 2 aromatic heterocycles. The van der Waals surface area contributed by atoms with Crippen molar-refractivity contribution < 1.29 is 13.6 Å².